The molecule has 3 aromatic heterocycles. The van der Waals surface area contributed by atoms with Gasteiger partial charge in [-0.2, -0.15) is 5.26 Å². The quantitative estimate of drug-likeness (QED) is 0.173. The summed E-state index contributed by atoms with van der Waals surface area (Å²) >= 11 is 13.1. The Labute approximate surface area is 305 Å². The molecule has 5 atom stereocenters. The van der Waals surface area contributed by atoms with E-state index in [2.05, 4.69) is 27.0 Å². The lowest BCUT2D eigenvalue weighted by Gasteiger charge is -2.39. The maximum atomic E-state index is 17.2. The van der Waals surface area contributed by atoms with Crippen LogP contribution in [-0.4, -0.2) is 50.6 Å². The highest BCUT2D eigenvalue weighted by molar-refractivity contribution is 6.43. The van der Waals surface area contributed by atoms with Crippen molar-refractivity contribution in [2.45, 2.75) is 76.6 Å². The summed E-state index contributed by atoms with van der Waals surface area (Å²) in [5, 5.41) is 15.5. The molecule has 0 unspecified atom stereocenters. The minimum Gasteiger partial charge on any atom is -0.472 e. The number of amides is 1. The van der Waals surface area contributed by atoms with E-state index >= 15 is 4.39 Å². The third-order valence-corrected chi connectivity index (χ3v) is 12.2. The SMILES string of the molecule is Cc1ccnc(O[C@H]2C[C@H](c3cc4c(C)nc5c(F)c(-c6cccc(Cl)c6Cl)c(CCC#N)cc5c4n3[C@H]3[C@H]4CN[C@@H]3C4)N(C(=O)C3CC3)C2)c1. The van der Waals surface area contributed by atoms with Crippen molar-refractivity contribution in [1.29, 1.82) is 5.26 Å². The van der Waals surface area contributed by atoms with Crippen LogP contribution in [0.15, 0.2) is 48.7 Å². The van der Waals surface area contributed by atoms with E-state index in [1.54, 1.807) is 24.4 Å². The number of ether oxygens (including phenoxy) is 1. The average Bonchev–Trinajstić information content (AvgIpc) is 3.39. The summed E-state index contributed by atoms with van der Waals surface area (Å²) in [4.78, 5) is 25.4. The number of aryl methyl sites for hydroxylation is 3. The summed E-state index contributed by atoms with van der Waals surface area (Å²) < 4.78 is 26.0. The molecule has 1 amide bonds. The number of halogens is 3. The van der Waals surface area contributed by atoms with Crippen LogP contribution in [0.3, 0.4) is 0 Å². The highest BCUT2D eigenvalue weighted by Crippen LogP contribution is 2.51. The predicted molar refractivity (Wildman–Crippen MR) is 195 cm³/mol. The third kappa shape index (κ3) is 5.37. The molecule has 5 aliphatic rings. The zero-order chi connectivity index (χ0) is 35.1. The van der Waals surface area contributed by atoms with Crippen LogP contribution < -0.4 is 10.1 Å². The molecular weight excluding hydrogens is 686 g/mol. The summed E-state index contributed by atoms with van der Waals surface area (Å²) in [6, 6.07) is 15.7. The van der Waals surface area contributed by atoms with Gasteiger partial charge < -0.3 is 19.5 Å². The van der Waals surface area contributed by atoms with Gasteiger partial charge in [-0.3, -0.25) is 4.79 Å². The van der Waals surface area contributed by atoms with Crippen molar-refractivity contribution in [3.8, 4) is 23.1 Å². The molecule has 51 heavy (non-hydrogen) atoms. The minimum atomic E-state index is -0.482. The molecule has 3 aliphatic heterocycles. The number of fused-ring (bicyclic) bond motifs is 4. The Morgan fingerprint density at radius 2 is 1.98 bits per heavy atom. The zero-order valence-corrected chi connectivity index (χ0v) is 29.9. The first kappa shape index (κ1) is 32.7. The lowest BCUT2D eigenvalue weighted by Crippen LogP contribution is -2.41. The standard InChI is InChI=1S/C40H37Cl2FN6O2/c1-20-10-12-45-33(13-20)51-25-16-31(48(19-25)40(50)22-8-9-22)32-17-27-21(2)47-37-28(39(27)49(32)38-24-15-30(38)46-18-24)14-23(5-4-11-44)34(36(37)43)26-6-3-7-29(41)35(26)42/h3,6-7,10,12-14,17,22,24-25,30-31,38,46H,4-5,8-9,15-16,18-19H2,1-2H3/t24-,25+,30-,31-,38+/m1/s1. The fourth-order valence-electron chi connectivity index (χ4n) is 8.81. The lowest BCUT2D eigenvalue weighted by atomic mass is 9.79. The van der Waals surface area contributed by atoms with E-state index in [9.17, 15) is 10.1 Å². The van der Waals surface area contributed by atoms with Crippen LogP contribution in [0.25, 0.3) is 32.9 Å². The fourth-order valence-corrected chi connectivity index (χ4v) is 9.21. The van der Waals surface area contributed by atoms with Gasteiger partial charge >= 0.3 is 0 Å². The van der Waals surface area contributed by atoms with Gasteiger partial charge in [0.1, 0.15) is 11.6 Å². The van der Waals surface area contributed by atoms with Crippen LogP contribution >= 0.6 is 23.2 Å². The number of rotatable bonds is 8. The largest absolute Gasteiger partial charge is 0.472 e. The smallest absolute Gasteiger partial charge is 0.226 e. The molecule has 10 rings (SSSR count). The first-order valence-electron chi connectivity index (χ1n) is 17.8. The number of pyridine rings is 2. The van der Waals surface area contributed by atoms with Crippen molar-refractivity contribution in [3.05, 3.63) is 87.0 Å². The topological polar surface area (TPSA) is 96.1 Å². The number of benzene rings is 2. The lowest BCUT2D eigenvalue weighted by molar-refractivity contribution is -0.133. The van der Waals surface area contributed by atoms with E-state index < -0.39 is 5.82 Å². The van der Waals surface area contributed by atoms with Gasteiger partial charge in [-0.05, 0) is 80.8 Å². The van der Waals surface area contributed by atoms with Gasteiger partial charge in [-0.1, -0.05) is 35.3 Å². The second kappa shape index (κ2) is 12.5. The van der Waals surface area contributed by atoms with Crippen LogP contribution in [0, 0.1) is 42.8 Å². The van der Waals surface area contributed by atoms with Gasteiger partial charge in [0.05, 0.1) is 40.3 Å². The Morgan fingerprint density at radius 1 is 1.14 bits per heavy atom. The molecular formula is C40H37Cl2FN6O2. The van der Waals surface area contributed by atoms with Crippen molar-refractivity contribution in [2.75, 3.05) is 13.1 Å². The molecule has 2 bridgehead atoms. The van der Waals surface area contributed by atoms with Crippen molar-refractivity contribution in [2.24, 2.45) is 11.8 Å². The fraction of sp³-hybridized carbons (Fsp3) is 0.400. The van der Waals surface area contributed by atoms with Crippen molar-refractivity contribution in [3.63, 3.8) is 0 Å². The normalized spacial score (nSPS) is 23.9. The maximum absolute atomic E-state index is 17.2. The average molecular weight is 724 g/mol. The molecule has 8 nitrogen and oxygen atoms in total. The molecule has 2 aromatic carbocycles. The van der Waals surface area contributed by atoms with E-state index in [0.717, 1.165) is 48.0 Å². The second-order valence-corrected chi connectivity index (χ2v) is 15.5. The first-order chi connectivity index (χ1) is 24.7. The summed E-state index contributed by atoms with van der Waals surface area (Å²) in [7, 11) is 0. The Morgan fingerprint density at radius 3 is 2.71 bits per heavy atom. The predicted octanol–water partition coefficient (Wildman–Crippen LogP) is 8.43. The number of aromatic nitrogens is 3. The molecule has 2 aliphatic carbocycles. The molecule has 3 saturated heterocycles. The van der Waals surface area contributed by atoms with Crippen LogP contribution in [0.2, 0.25) is 10.0 Å². The first-order valence-corrected chi connectivity index (χ1v) is 18.6. The van der Waals surface area contributed by atoms with E-state index in [0.29, 0.717) is 64.0 Å². The molecule has 5 aromatic rings. The van der Waals surface area contributed by atoms with Gasteiger partial charge in [0.15, 0.2) is 5.82 Å². The number of carbonyl (C=O) groups is 1. The molecule has 0 spiro atoms. The number of nitrogens with one attached hydrogen (secondary N) is 1. The molecule has 260 valence electrons. The minimum absolute atomic E-state index is 0.0421. The number of hydrogen-bond donors (Lipinski definition) is 1. The van der Waals surface area contributed by atoms with Gasteiger partial charge in [-0.15, -0.1) is 0 Å². The summed E-state index contributed by atoms with van der Waals surface area (Å²) in [5.41, 5.74) is 5.44. The van der Waals surface area contributed by atoms with Crippen LogP contribution in [0.5, 0.6) is 5.88 Å². The van der Waals surface area contributed by atoms with Crippen molar-refractivity contribution in [1.82, 2.24) is 24.8 Å². The molecule has 5 fully saturated rings. The van der Waals surface area contributed by atoms with Crippen LogP contribution in [-0.2, 0) is 11.2 Å². The number of carbonyl (C=O) groups excluding carboxylic acids is 1. The number of likely N-dealkylation sites (tertiary alicyclic amines) is 1. The maximum Gasteiger partial charge on any atom is 0.226 e. The van der Waals surface area contributed by atoms with E-state index in [-0.39, 0.29) is 53.0 Å². The number of nitriles is 1. The molecule has 2 saturated carbocycles. The van der Waals surface area contributed by atoms with Gasteiger partial charge in [0.25, 0.3) is 0 Å². The molecule has 6 heterocycles. The zero-order valence-electron chi connectivity index (χ0n) is 28.4. The van der Waals surface area contributed by atoms with Crippen LogP contribution in [0.1, 0.15) is 66.7 Å². The van der Waals surface area contributed by atoms with Gasteiger partial charge in [-0.25, -0.2) is 14.4 Å². The number of hydrogen-bond acceptors (Lipinski definition) is 6. The summed E-state index contributed by atoms with van der Waals surface area (Å²) in [6.45, 7) is 5.32. The van der Waals surface area contributed by atoms with E-state index in [4.69, 9.17) is 32.9 Å². The van der Waals surface area contributed by atoms with Crippen molar-refractivity contribution < 1.29 is 13.9 Å². The highest BCUT2D eigenvalue weighted by Gasteiger charge is 2.51. The Balaban J connectivity index is 1.26. The highest BCUT2D eigenvalue weighted by atomic mass is 35.5. The third-order valence-electron chi connectivity index (χ3n) is 11.4. The molecule has 0 radical (unpaired) electrons. The van der Waals surface area contributed by atoms with Crippen LogP contribution in [0.4, 0.5) is 4.39 Å². The number of nitrogens with zero attached hydrogens (tertiary/aromatic N) is 5. The van der Waals surface area contributed by atoms with E-state index in [1.807, 2.05) is 36.9 Å². The van der Waals surface area contributed by atoms with Gasteiger partial charge in [0, 0.05) is 76.9 Å². The monoisotopic (exact) mass is 722 g/mol. The molecule has 1 N–H and O–H groups in total. The summed E-state index contributed by atoms with van der Waals surface area (Å²) in [5.74, 6) is 0.702. The molecule has 11 heteroatoms. The second-order valence-electron chi connectivity index (χ2n) is 14.7. The van der Waals surface area contributed by atoms with Crippen molar-refractivity contribution >= 4 is 50.9 Å². The summed E-state index contributed by atoms with van der Waals surface area (Å²) in [6.07, 6.45) is 5.56. The Hall–Kier alpha value is -4.23. The van der Waals surface area contributed by atoms with E-state index in [1.165, 1.54) is 0 Å². The Kier molecular flexibility index (Phi) is 7.99. The van der Waals surface area contributed by atoms with Gasteiger partial charge in [0.2, 0.25) is 11.8 Å². The Bertz CT molecular complexity index is 2280.